The largest absolute Gasteiger partial charge is 0.496 e. The highest BCUT2D eigenvalue weighted by molar-refractivity contribution is 14.1. The summed E-state index contributed by atoms with van der Waals surface area (Å²) in [7, 11) is 1.51. The molecule has 2 rings (SSSR count). The number of ether oxygens (including phenoxy) is 1. The van der Waals surface area contributed by atoms with Gasteiger partial charge in [-0.15, -0.1) is 0 Å². The van der Waals surface area contributed by atoms with Gasteiger partial charge in [0.15, 0.2) is 5.11 Å². The van der Waals surface area contributed by atoms with Crippen molar-refractivity contribution in [3.05, 3.63) is 54.5 Å². The van der Waals surface area contributed by atoms with E-state index in [2.05, 4.69) is 65.1 Å². The van der Waals surface area contributed by atoms with Gasteiger partial charge in [-0.05, 0) is 71.2 Å². The minimum Gasteiger partial charge on any atom is -0.496 e. The summed E-state index contributed by atoms with van der Waals surface area (Å²) in [5, 5.41) is 5.88. The van der Waals surface area contributed by atoms with Gasteiger partial charge in [-0.1, -0.05) is 31.9 Å². The molecule has 0 aliphatic heterocycles. The molecule has 0 bridgehead atoms. The van der Waals surface area contributed by atoms with Gasteiger partial charge in [0, 0.05) is 12.5 Å². The fraction of sp³-hybridized carbons (Fsp3) is 0.0667. The Labute approximate surface area is 169 Å². The van der Waals surface area contributed by atoms with E-state index in [1.165, 1.54) is 7.11 Å². The lowest BCUT2D eigenvalue weighted by atomic mass is 10.2. The van der Waals surface area contributed by atoms with Crippen molar-refractivity contribution in [3.8, 4) is 5.75 Å². The summed E-state index contributed by atoms with van der Waals surface area (Å²) in [4.78, 5) is 12.4. The van der Waals surface area contributed by atoms with Crippen molar-refractivity contribution >= 4 is 83.4 Å². The molecule has 8 heteroatoms. The number of thiocarbonyl (C=S) groups is 1. The lowest BCUT2D eigenvalue weighted by Crippen LogP contribution is -2.34. The summed E-state index contributed by atoms with van der Waals surface area (Å²) < 4.78 is 7.94. The van der Waals surface area contributed by atoms with Crippen LogP contribution in [0.2, 0.25) is 0 Å². The molecule has 1 amide bonds. The summed E-state index contributed by atoms with van der Waals surface area (Å²) in [5.41, 5.74) is 1.22. The Bertz CT molecular complexity index is 771. The molecule has 0 atom stereocenters. The second-order valence-electron chi connectivity index (χ2n) is 4.38. The zero-order valence-corrected chi connectivity index (χ0v) is 18.0. The zero-order chi connectivity index (χ0) is 17.0. The molecule has 23 heavy (non-hydrogen) atoms. The Balaban J connectivity index is 2.11. The van der Waals surface area contributed by atoms with Gasteiger partial charge in [-0.3, -0.25) is 10.1 Å². The van der Waals surface area contributed by atoms with Crippen molar-refractivity contribution in [1.29, 1.82) is 0 Å². The zero-order valence-electron chi connectivity index (χ0n) is 11.8. The first-order valence-corrected chi connectivity index (χ1v) is 9.39. The Hall–Kier alpha value is -0.710. The summed E-state index contributed by atoms with van der Waals surface area (Å²) in [6.45, 7) is 0. The van der Waals surface area contributed by atoms with Gasteiger partial charge in [0.1, 0.15) is 5.75 Å². The van der Waals surface area contributed by atoms with Gasteiger partial charge < -0.3 is 10.1 Å². The van der Waals surface area contributed by atoms with Gasteiger partial charge in [0.05, 0.1) is 18.4 Å². The average molecular weight is 570 g/mol. The minimum atomic E-state index is -0.340. The van der Waals surface area contributed by atoms with E-state index in [1.807, 2.05) is 18.2 Å². The standard InChI is InChI=1S/C15H11Br2IN2O2S/c1-22-13-5-3-8(16)6-10(13)14(21)20-15(23)19-12-4-2-9(17)7-11(12)18/h2-7H,1H3,(H2,19,20,21,23). The highest BCUT2D eigenvalue weighted by Crippen LogP contribution is 2.24. The molecule has 2 N–H and O–H groups in total. The molecule has 2 aromatic carbocycles. The molecule has 120 valence electrons. The van der Waals surface area contributed by atoms with Crippen molar-refractivity contribution in [2.24, 2.45) is 0 Å². The molecular formula is C15H11Br2IN2O2S. The van der Waals surface area contributed by atoms with Crippen molar-refractivity contribution in [2.45, 2.75) is 0 Å². The number of hydrogen-bond acceptors (Lipinski definition) is 3. The molecule has 0 heterocycles. The molecule has 0 aliphatic carbocycles. The highest BCUT2D eigenvalue weighted by atomic mass is 127. The molecular weight excluding hydrogens is 559 g/mol. The monoisotopic (exact) mass is 568 g/mol. The maximum Gasteiger partial charge on any atom is 0.261 e. The van der Waals surface area contributed by atoms with Crippen molar-refractivity contribution in [1.82, 2.24) is 5.32 Å². The molecule has 0 saturated carbocycles. The molecule has 0 aromatic heterocycles. The van der Waals surface area contributed by atoms with Crippen LogP contribution in [0.15, 0.2) is 45.3 Å². The third kappa shape index (κ3) is 5.13. The lowest BCUT2D eigenvalue weighted by molar-refractivity contribution is 0.0974. The molecule has 0 fully saturated rings. The molecule has 2 aromatic rings. The lowest BCUT2D eigenvalue weighted by Gasteiger charge is -2.13. The molecule has 0 unspecified atom stereocenters. The first kappa shape index (κ1) is 18.6. The first-order valence-electron chi connectivity index (χ1n) is 6.31. The molecule has 4 nitrogen and oxygen atoms in total. The van der Waals surface area contributed by atoms with Crippen LogP contribution in [0.1, 0.15) is 10.4 Å². The van der Waals surface area contributed by atoms with Crippen molar-refractivity contribution in [2.75, 3.05) is 12.4 Å². The van der Waals surface area contributed by atoms with Gasteiger partial charge >= 0.3 is 0 Å². The Morgan fingerprint density at radius 1 is 1.17 bits per heavy atom. The van der Waals surface area contributed by atoms with Crippen molar-refractivity contribution < 1.29 is 9.53 Å². The number of benzene rings is 2. The molecule has 0 radical (unpaired) electrons. The summed E-state index contributed by atoms with van der Waals surface area (Å²) >= 11 is 14.1. The predicted molar refractivity (Wildman–Crippen MR) is 111 cm³/mol. The maximum absolute atomic E-state index is 12.4. The van der Waals surface area contributed by atoms with Crippen LogP contribution in [0, 0.1) is 3.57 Å². The number of carbonyl (C=O) groups excluding carboxylic acids is 1. The Kier molecular flexibility index (Phi) is 6.81. The number of carbonyl (C=O) groups is 1. The molecule has 0 aliphatic rings. The van der Waals surface area contributed by atoms with Gasteiger partial charge in [0.2, 0.25) is 0 Å². The number of halogens is 3. The van der Waals surface area contributed by atoms with Crippen LogP contribution in [-0.2, 0) is 0 Å². The normalized spacial score (nSPS) is 10.1. The number of anilines is 1. The smallest absolute Gasteiger partial charge is 0.261 e. The number of nitrogens with one attached hydrogen (secondary N) is 2. The van der Waals surface area contributed by atoms with E-state index < -0.39 is 0 Å². The van der Waals surface area contributed by atoms with Crippen LogP contribution in [0.4, 0.5) is 5.69 Å². The highest BCUT2D eigenvalue weighted by Gasteiger charge is 2.14. The van der Waals surface area contributed by atoms with Gasteiger partial charge in [-0.25, -0.2) is 0 Å². The predicted octanol–water partition coefficient (Wildman–Crippen LogP) is 4.95. The van der Waals surface area contributed by atoms with E-state index in [0.717, 1.165) is 18.2 Å². The Morgan fingerprint density at radius 2 is 1.83 bits per heavy atom. The van der Waals surface area contributed by atoms with Crippen LogP contribution in [0.5, 0.6) is 5.75 Å². The van der Waals surface area contributed by atoms with Crippen LogP contribution in [-0.4, -0.2) is 18.1 Å². The summed E-state index contributed by atoms with van der Waals surface area (Å²) in [6, 6.07) is 10.9. The summed E-state index contributed by atoms with van der Waals surface area (Å²) in [6.07, 6.45) is 0. The second kappa shape index (κ2) is 8.41. The van der Waals surface area contributed by atoms with E-state index in [0.29, 0.717) is 11.3 Å². The number of methoxy groups -OCH3 is 1. The van der Waals surface area contributed by atoms with E-state index in [1.54, 1.807) is 18.2 Å². The average Bonchev–Trinajstić information content (AvgIpc) is 2.50. The maximum atomic E-state index is 12.4. The SMILES string of the molecule is COc1ccc(Br)cc1C(=O)NC(=S)Nc1ccc(Br)cc1I. The van der Waals surface area contributed by atoms with Crippen LogP contribution < -0.4 is 15.4 Å². The first-order chi connectivity index (χ1) is 10.9. The van der Waals surface area contributed by atoms with Crippen LogP contribution in [0.25, 0.3) is 0 Å². The van der Waals surface area contributed by atoms with E-state index in [4.69, 9.17) is 17.0 Å². The summed E-state index contributed by atoms with van der Waals surface area (Å²) in [5.74, 6) is 0.138. The quantitative estimate of drug-likeness (QED) is 0.406. The van der Waals surface area contributed by atoms with Crippen LogP contribution in [0.3, 0.4) is 0 Å². The third-order valence-electron chi connectivity index (χ3n) is 2.81. The topological polar surface area (TPSA) is 50.4 Å². The number of hydrogen-bond donors (Lipinski definition) is 2. The second-order valence-corrected chi connectivity index (χ2v) is 7.78. The van der Waals surface area contributed by atoms with Gasteiger partial charge in [-0.2, -0.15) is 0 Å². The van der Waals surface area contributed by atoms with E-state index in [9.17, 15) is 4.79 Å². The van der Waals surface area contributed by atoms with Crippen molar-refractivity contribution in [3.63, 3.8) is 0 Å². The fourth-order valence-corrected chi connectivity index (χ4v) is 3.78. The number of rotatable bonds is 3. The van der Waals surface area contributed by atoms with E-state index in [-0.39, 0.29) is 11.0 Å². The minimum absolute atomic E-state index is 0.220. The van der Waals surface area contributed by atoms with Gasteiger partial charge in [0.25, 0.3) is 5.91 Å². The number of amides is 1. The van der Waals surface area contributed by atoms with E-state index >= 15 is 0 Å². The Morgan fingerprint density at radius 3 is 2.48 bits per heavy atom. The third-order valence-corrected chi connectivity index (χ3v) is 4.90. The van der Waals surface area contributed by atoms with Crippen LogP contribution >= 0.6 is 66.7 Å². The molecule has 0 saturated heterocycles. The fourth-order valence-electron chi connectivity index (χ4n) is 1.77. The molecule has 0 spiro atoms.